The summed E-state index contributed by atoms with van der Waals surface area (Å²) in [7, 11) is 0. The fourth-order valence-electron chi connectivity index (χ4n) is 2.53. The zero-order valence-corrected chi connectivity index (χ0v) is 11.1. The van der Waals surface area contributed by atoms with Crippen molar-refractivity contribution in [1.82, 2.24) is 10.2 Å². The molecule has 1 aromatic carbocycles. The van der Waals surface area contributed by atoms with Crippen LogP contribution in [0.15, 0.2) is 24.3 Å². The van der Waals surface area contributed by atoms with Gasteiger partial charge in [0.1, 0.15) is 0 Å². The molecule has 2 rings (SSSR count). The van der Waals surface area contributed by atoms with Crippen LogP contribution in [0.5, 0.6) is 0 Å². The second kappa shape index (κ2) is 6.18. The van der Waals surface area contributed by atoms with Gasteiger partial charge < -0.3 is 10.2 Å². The first kappa shape index (κ1) is 12.6. The summed E-state index contributed by atoms with van der Waals surface area (Å²) in [5, 5.41) is 3.40. The quantitative estimate of drug-likeness (QED) is 0.855. The van der Waals surface area contributed by atoms with Gasteiger partial charge in [0, 0.05) is 32.7 Å². The molecule has 2 heteroatoms. The molecule has 17 heavy (non-hydrogen) atoms. The van der Waals surface area contributed by atoms with Crippen LogP contribution >= 0.6 is 0 Å². The minimum absolute atomic E-state index is 0.746. The first-order valence-corrected chi connectivity index (χ1v) is 6.72. The molecule has 0 spiro atoms. The van der Waals surface area contributed by atoms with E-state index >= 15 is 0 Å². The van der Waals surface area contributed by atoms with Crippen LogP contribution in [-0.4, -0.2) is 37.6 Å². The van der Waals surface area contributed by atoms with Crippen molar-refractivity contribution < 1.29 is 0 Å². The molecule has 0 aromatic heterocycles. The number of nitrogens with one attached hydrogen (secondary N) is 1. The van der Waals surface area contributed by atoms with Crippen molar-refractivity contribution in [2.24, 2.45) is 5.92 Å². The highest BCUT2D eigenvalue weighted by molar-refractivity contribution is 5.21. The van der Waals surface area contributed by atoms with E-state index in [0.717, 1.165) is 19.0 Å². The fourth-order valence-corrected chi connectivity index (χ4v) is 2.53. The highest BCUT2D eigenvalue weighted by atomic mass is 15.2. The van der Waals surface area contributed by atoms with Crippen molar-refractivity contribution in [3.05, 3.63) is 35.4 Å². The molecule has 94 valence electrons. The summed E-state index contributed by atoms with van der Waals surface area (Å²) in [6, 6.07) is 8.97. The summed E-state index contributed by atoms with van der Waals surface area (Å²) in [4.78, 5) is 2.58. The lowest BCUT2D eigenvalue weighted by Crippen LogP contribution is -2.45. The minimum atomic E-state index is 0.746. The zero-order chi connectivity index (χ0) is 12.1. The van der Waals surface area contributed by atoms with Crippen LogP contribution in [0.3, 0.4) is 0 Å². The van der Waals surface area contributed by atoms with Gasteiger partial charge in [-0.1, -0.05) is 36.8 Å². The first-order chi connectivity index (χ1) is 8.24. The van der Waals surface area contributed by atoms with Crippen LogP contribution in [0.25, 0.3) is 0 Å². The molecule has 1 atom stereocenters. The Morgan fingerprint density at radius 2 is 1.82 bits per heavy atom. The molecule has 0 saturated carbocycles. The number of nitrogens with zero attached hydrogens (tertiary/aromatic N) is 1. The molecule has 1 heterocycles. The molecule has 1 N–H and O–H groups in total. The molecule has 0 radical (unpaired) electrons. The lowest BCUT2D eigenvalue weighted by Gasteiger charge is -2.29. The van der Waals surface area contributed by atoms with Crippen molar-refractivity contribution >= 4 is 0 Å². The summed E-state index contributed by atoms with van der Waals surface area (Å²) < 4.78 is 0. The van der Waals surface area contributed by atoms with Gasteiger partial charge in [-0.25, -0.2) is 0 Å². The SMILES string of the molecule is Cc1ccc(CC(C)CN2CCNCC2)cc1. The number of rotatable bonds is 4. The lowest BCUT2D eigenvalue weighted by molar-refractivity contribution is 0.211. The van der Waals surface area contributed by atoms with E-state index in [1.165, 1.54) is 37.2 Å². The zero-order valence-electron chi connectivity index (χ0n) is 11.1. The maximum absolute atomic E-state index is 3.40. The van der Waals surface area contributed by atoms with Crippen molar-refractivity contribution in [3.63, 3.8) is 0 Å². The third kappa shape index (κ3) is 4.14. The van der Waals surface area contributed by atoms with E-state index in [2.05, 4.69) is 48.3 Å². The maximum atomic E-state index is 3.40. The van der Waals surface area contributed by atoms with Gasteiger partial charge in [0.25, 0.3) is 0 Å². The Bertz CT molecular complexity index is 325. The van der Waals surface area contributed by atoms with Gasteiger partial charge in [-0.05, 0) is 24.8 Å². The van der Waals surface area contributed by atoms with Gasteiger partial charge in [0.2, 0.25) is 0 Å². The van der Waals surface area contributed by atoms with Gasteiger partial charge in [-0.3, -0.25) is 0 Å². The van der Waals surface area contributed by atoms with E-state index in [4.69, 9.17) is 0 Å². The molecular weight excluding hydrogens is 208 g/mol. The number of piperazine rings is 1. The molecular formula is C15H24N2. The van der Waals surface area contributed by atoms with E-state index in [-0.39, 0.29) is 0 Å². The van der Waals surface area contributed by atoms with E-state index in [1.54, 1.807) is 0 Å². The van der Waals surface area contributed by atoms with Crippen LogP contribution in [0.2, 0.25) is 0 Å². The highest BCUT2D eigenvalue weighted by Crippen LogP contribution is 2.11. The van der Waals surface area contributed by atoms with Crippen LogP contribution in [-0.2, 0) is 6.42 Å². The topological polar surface area (TPSA) is 15.3 Å². The minimum Gasteiger partial charge on any atom is -0.314 e. The molecule has 1 aromatic rings. The standard InChI is InChI=1S/C15H24N2/c1-13-3-5-15(6-4-13)11-14(2)12-17-9-7-16-8-10-17/h3-6,14,16H,7-12H2,1-2H3. The molecule has 0 bridgehead atoms. The van der Waals surface area contributed by atoms with E-state index < -0.39 is 0 Å². The molecule has 1 saturated heterocycles. The summed E-state index contributed by atoms with van der Waals surface area (Å²) in [6.45, 7) is 10.5. The average Bonchev–Trinajstić information content (AvgIpc) is 2.33. The monoisotopic (exact) mass is 232 g/mol. The van der Waals surface area contributed by atoms with Gasteiger partial charge in [0.15, 0.2) is 0 Å². The van der Waals surface area contributed by atoms with E-state index in [0.29, 0.717) is 0 Å². The molecule has 0 aliphatic carbocycles. The predicted molar refractivity (Wildman–Crippen MR) is 73.4 cm³/mol. The smallest absolute Gasteiger partial charge is 0.0107 e. The number of hydrogen-bond acceptors (Lipinski definition) is 2. The van der Waals surface area contributed by atoms with E-state index in [9.17, 15) is 0 Å². The molecule has 2 nitrogen and oxygen atoms in total. The third-order valence-corrected chi connectivity index (χ3v) is 3.48. The van der Waals surface area contributed by atoms with Crippen LogP contribution < -0.4 is 5.32 Å². The van der Waals surface area contributed by atoms with Crippen molar-refractivity contribution in [3.8, 4) is 0 Å². The molecule has 1 aliphatic heterocycles. The fraction of sp³-hybridized carbons (Fsp3) is 0.600. The second-order valence-electron chi connectivity index (χ2n) is 5.35. The third-order valence-electron chi connectivity index (χ3n) is 3.48. The first-order valence-electron chi connectivity index (χ1n) is 6.72. The molecule has 1 unspecified atom stereocenters. The molecule has 1 aliphatic rings. The summed E-state index contributed by atoms with van der Waals surface area (Å²) >= 11 is 0. The normalized spacial score (nSPS) is 19.2. The van der Waals surface area contributed by atoms with Crippen LogP contribution in [0.1, 0.15) is 18.1 Å². The Morgan fingerprint density at radius 1 is 1.18 bits per heavy atom. The summed E-state index contributed by atoms with van der Waals surface area (Å²) in [6.07, 6.45) is 1.20. The molecule has 1 fully saturated rings. The van der Waals surface area contributed by atoms with Crippen molar-refractivity contribution in [2.75, 3.05) is 32.7 Å². The number of benzene rings is 1. The Morgan fingerprint density at radius 3 is 2.47 bits per heavy atom. The number of hydrogen-bond donors (Lipinski definition) is 1. The lowest BCUT2D eigenvalue weighted by atomic mass is 9.99. The van der Waals surface area contributed by atoms with Gasteiger partial charge in [-0.15, -0.1) is 0 Å². The predicted octanol–water partition coefficient (Wildman–Crippen LogP) is 2.08. The number of aryl methyl sites for hydroxylation is 1. The Labute approximate surface area is 105 Å². The summed E-state index contributed by atoms with van der Waals surface area (Å²) in [5.74, 6) is 0.746. The van der Waals surface area contributed by atoms with Gasteiger partial charge in [0.05, 0.1) is 0 Å². The maximum Gasteiger partial charge on any atom is 0.0107 e. The average molecular weight is 232 g/mol. The van der Waals surface area contributed by atoms with Crippen LogP contribution in [0.4, 0.5) is 0 Å². The van der Waals surface area contributed by atoms with Crippen LogP contribution in [0, 0.1) is 12.8 Å². The summed E-state index contributed by atoms with van der Waals surface area (Å²) in [5.41, 5.74) is 2.82. The van der Waals surface area contributed by atoms with Crippen molar-refractivity contribution in [1.29, 1.82) is 0 Å². The Balaban J connectivity index is 1.79. The Kier molecular flexibility index (Phi) is 4.57. The van der Waals surface area contributed by atoms with Gasteiger partial charge >= 0.3 is 0 Å². The van der Waals surface area contributed by atoms with Gasteiger partial charge in [-0.2, -0.15) is 0 Å². The van der Waals surface area contributed by atoms with Crippen molar-refractivity contribution in [2.45, 2.75) is 20.3 Å². The Hall–Kier alpha value is -0.860. The molecule has 0 amide bonds. The second-order valence-corrected chi connectivity index (χ2v) is 5.35. The largest absolute Gasteiger partial charge is 0.314 e. The van der Waals surface area contributed by atoms with E-state index in [1.807, 2.05) is 0 Å². The highest BCUT2D eigenvalue weighted by Gasteiger charge is 2.13.